The van der Waals surface area contributed by atoms with Crippen molar-refractivity contribution >= 4 is 23.3 Å². The highest BCUT2D eigenvalue weighted by molar-refractivity contribution is 6.30. The van der Waals surface area contributed by atoms with Gasteiger partial charge in [-0.3, -0.25) is 4.79 Å². The van der Waals surface area contributed by atoms with E-state index in [1.165, 1.54) is 0 Å². The summed E-state index contributed by atoms with van der Waals surface area (Å²) < 4.78 is 0. The number of nitrogens with zero attached hydrogens (tertiary/aromatic N) is 3. The Bertz CT molecular complexity index is 369. The van der Waals surface area contributed by atoms with Gasteiger partial charge in [0.25, 0.3) is 0 Å². The van der Waals surface area contributed by atoms with Gasteiger partial charge in [-0.15, -0.1) is 0 Å². The molecule has 2 rings (SSSR count). The Morgan fingerprint density at radius 3 is 2.44 bits per heavy atom. The van der Waals surface area contributed by atoms with Crippen molar-refractivity contribution in [2.45, 2.75) is 31.7 Å². The summed E-state index contributed by atoms with van der Waals surface area (Å²) in [6, 6.07) is 0.360. The van der Waals surface area contributed by atoms with Gasteiger partial charge in [0.2, 0.25) is 5.95 Å². The number of rotatable bonds is 2. The molecule has 4 nitrogen and oxygen atoms in total. The number of ketones is 1. The highest BCUT2D eigenvalue weighted by Crippen LogP contribution is 2.22. The average molecular weight is 240 g/mol. The number of aromatic nitrogens is 2. The zero-order chi connectivity index (χ0) is 11.5. The highest BCUT2D eigenvalue weighted by Gasteiger charge is 2.23. The fraction of sp³-hybridized carbons (Fsp3) is 0.545. The highest BCUT2D eigenvalue weighted by atomic mass is 35.5. The monoisotopic (exact) mass is 239 g/mol. The molecule has 0 N–H and O–H groups in total. The largest absolute Gasteiger partial charge is 0.341 e. The van der Waals surface area contributed by atoms with E-state index < -0.39 is 0 Å². The second-order valence-corrected chi connectivity index (χ2v) is 4.52. The van der Waals surface area contributed by atoms with Crippen molar-refractivity contribution in [3.63, 3.8) is 0 Å². The van der Waals surface area contributed by atoms with Gasteiger partial charge in [-0.2, -0.15) is 0 Å². The summed E-state index contributed by atoms with van der Waals surface area (Å²) in [5.41, 5.74) is 0. The molecule has 1 saturated carbocycles. The van der Waals surface area contributed by atoms with E-state index in [9.17, 15) is 4.79 Å². The van der Waals surface area contributed by atoms with E-state index in [4.69, 9.17) is 11.6 Å². The van der Waals surface area contributed by atoms with Crippen molar-refractivity contribution in [3.05, 3.63) is 17.4 Å². The van der Waals surface area contributed by atoms with Crippen LogP contribution >= 0.6 is 11.6 Å². The van der Waals surface area contributed by atoms with Gasteiger partial charge in [-0.25, -0.2) is 9.97 Å². The van der Waals surface area contributed by atoms with Gasteiger partial charge in [-0.05, 0) is 12.8 Å². The Morgan fingerprint density at radius 2 is 1.88 bits per heavy atom. The first-order valence-electron chi connectivity index (χ1n) is 5.39. The topological polar surface area (TPSA) is 46.1 Å². The molecule has 1 aliphatic rings. The number of hydrogen-bond acceptors (Lipinski definition) is 4. The van der Waals surface area contributed by atoms with Crippen molar-refractivity contribution in [3.8, 4) is 0 Å². The zero-order valence-electron chi connectivity index (χ0n) is 9.19. The van der Waals surface area contributed by atoms with Crippen LogP contribution < -0.4 is 4.90 Å². The predicted octanol–water partition coefficient (Wildman–Crippen LogP) is 2.08. The van der Waals surface area contributed by atoms with Crippen LogP contribution in [-0.2, 0) is 4.79 Å². The number of Topliss-reactive ketones (excluding diaryl/α,β-unsaturated/α-hetero) is 1. The Labute approximate surface area is 99.6 Å². The SMILES string of the molecule is CN(c1ncc(Cl)cn1)C1CCC(=O)CC1. The second-order valence-electron chi connectivity index (χ2n) is 4.08. The maximum Gasteiger partial charge on any atom is 0.225 e. The number of anilines is 1. The quantitative estimate of drug-likeness (QED) is 0.793. The molecule has 5 heteroatoms. The van der Waals surface area contributed by atoms with Crippen molar-refractivity contribution in [1.29, 1.82) is 0 Å². The molecule has 16 heavy (non-hydrogen) atoms. The summed E-state index contributed by atoms with van der Waals surface area (Å²) in [5, 5.41) is 0.538. The molecule has 0 spiro atoms. The van der Waals surface area contributed by atoms with Gasteiger partial charge in [-0.1, -0.05) is 11.6 Å². The Balaban J connectivity index is 2.04. The molecule has 0 aromatic carbocycles. The summed E-state index contributed by atoms with van der Waals surface area (Å²) in [6.45, 7) is 0. The first-order chi connectivity index (χ1) is 7.66. The van der Waals surface area contributed by atoms with E-state index in [1.54, 1.807) is 12.4 Å². The third-order valence-electron chi connectivity index (χ3n) is 2.98. The van der Waals surface area contributed by atoms with Crippen LogP contribution in [0.3, 0.4) is 0 Å². The molecule has 1 aromatic heterocycles. The molecule has 1 aromatic rings. The summed E-state index contributed by atoms with van der Waals surface area (Å²) in [5.74, 6) is 1.03. The normalized spacial score (nSPS) is 17.5. The second kappa shape index (κ2) is 4.78. The van der Waals surface area contributed by atoms with Crippen molar-refractivity contribution < 1.29 is 4.79 Å². The molecule has 1 aliphatic carbocycles. The lowest BCUT2D eigenvalue weighted by Gasteiger charge is -2.30. The molecule has 0 unspecified atom stereocenters. The molecule has 0 radical (unpaired) electrons. The molecule has 0 saturated heterocycles. The van der Waals surface area contributed by atoms with Gasteiger partial charge < -0.3 is 4.90 Å². The Hall–Kier alpha value is -1.16. The minimum absolute atomic E-state index is 0.360. The molecule has 86 valence electrons. The van der Waals surface area contributed by atoms with Gasteiger partial charge in [0.1, 0.15) is 5.78 Å². The minimum Gasteiger partial charge on any atom is -0.341 e. The van der Waals surface area contributed by atoms with E-state index in [1.807, 2.05) is 11.9 Å². The third kappa shape index (κ3) is 2.50. The predicted molar refractivity (Wildman–Crippen MR) is 62.7 cm³/mol. The Kier molecular flexibility index (Phi) is 3.39. The van der Waals surface area contributed by atoms with Gasteiger partial charge in [0.15, 0.2) is 0 Å². The van der Waals surface area contributed by atoms with Gasteiger partial charge in [0.05, 0.1) is 17.4 Å². The number of halogens is 1. The average Bonchev–Trinajstić information content (AvgIpc) is 2.30. The molecule has 1 heterocycles. The maximum atomic E-state index is 11.1. The molecule has 1 fully saturated rings. The van der Waals surface area contributed by atoms with E-state index in [0.717, 1.165) is 12.8 Å². The van der Waals surface area contributed by atoms with E-state index in [2.05, 4.69) is 9.97 Å². The fourth-order valence-corrected chi connectivity index (χ4v) is 2.06. The molecule has 0 amide bonds. The summed E-state index contributed by atoms with van der Waals surface area (Å²) in [6.07, 6.45) is 6.30. The van der Waals surface area contributed by atoms with E-state index in [0.29, 0.717) is 35.6 Å². The van der Waals surface area contributed by atoms with Crippen LogP contribution in [0.4, 0.5) is 5.95 Å². The first kappa shape index (κ1) is 11.3. The fourth-order valence-electron chi connectivity index (χ4n) is 1.96. The minimum atomic E-state index is 0.360. The van der Waals surface area contributed by atoms with Crippen LogP contribution in [0.25, 0.3) is 0 Å². The maximum absolute atomic E-state index is 11.1. The molecular formula is C11H14ClN3O. The lowest BCUT2D eigenvalue weighted by atomic mass is 9.94. The summed E-state index contributed by atoms with van der Waals surface area (Å²) in [4.78, 5) is 21.5. The van der Waals surface area contributed by atoms with Gasteiger partial charge in [0, 0.05) is 25.9 Å². The summed E-state index contributed by atoms with van der Waals surface area (Å²) in [7, 11) is 1.96. The van der Waals surface area contributed by atoms with Crippen molar-refractivity contribution in [1.82, 2.24) is 9.97 Å². The molecule has 0 bridgehead atoms. The van der Waals surface area contributed by atoms with Gasteiger partial charge >= 0.3 is 0 Å². The van der Waals surface area contributed by atoms with E-state index >= 15 is 0 Å². The van der Waals surface area contributed by atoms with Crippen LogP contribution in [0.2, 0.25) is 5.02 Å². The van der Waals surface area contributed by atoms with Crippen LogP contribution in [-0.4, -0.2) is 28.8 Å². The lowest BCUT2D eigenvalue weighted by molar-refractivity contribution is -0.120. The summed E-state index contributed by atoms with van der Waals surface area (Å²) >= 11 is 5.73. The zero-order valence-corrected chi connectivity index (χ0v) is 9.94. The van der Waals surface area contributed by atoms with Crippen molar-refractivity contribution in [2.24, 2.45) is 0 Å². The number of carbonyl (C=O) groups excluding carboxylic acids is 1. The van der Waals surface area contributed by atoms with Crippen LogP contribution in [0.1, 0.15) is 25.7 Å². The first-order valence-corrected chi connectivity index (χ1v) is 5.76. The Morgan fingerprint density at radius 1 is 1.31 bits per heavy atom. The van der Waals surface area contributed by atoms with Crippen LogP contribution in [0.15, 0.2) is 12.4 Å². The third-order valence-corrected chi connectivity index (χ3v) is 3.18. The van der Waals surface area contributed by atoms with Crippen LogP contribution in [0.5, 0.6) is 0 Å². The lowest BCUT2D eigenvalue weighted by Crippen LogP contribution is -2.36. The molecular weight excluding hydrogens is 226 g/mol. The standard InChI is InChI=1S/C11H14ClN3O/c1-15(9-2-4-10(16)5-3-9)11-13-6-8(12)7-14-11/h6-7,9H,2-5H2,1H3. The van der Waals surface area contributed by atoms with Crippen molar-refractivity contribution in [2.75, 3.05) is 11.9 Å². The number of hydrogen-bond donors (Lipinski definition) is 0. The van der Waals surface area contributed by atoms with Crippen LogP contribution in [0, 0.1) is 0 Å². The molecule has 0 atom stereocenters. The smallest absolute Gasteiger partial charge is 0.225 e. The molecule has 0 aliphatic heterocycles. The van der Waals surface area contributed by atoms with E-state index in [-0.39, 0.29) is 0 Å². The number of carbonyl (C=O) groups is 1.